The Balaban J connectivity index is 3.04. The second kappa shape index (κ2) is 5.12. The molecule has 0 radical (unpaired) electrons. The average molecular weight is 222 g/mol. The van der Waals surface area contributed by atoms with Crippen molar-refractivity contribution in [2.75, 3.05) is 11.9 Å². The van der Waals surface area contributed by atoms with Crippen molar-refractivity contribution in [2.45, 2.75) is 13.8 Å². The molecule has 4 nitrogen and oxygen atoms in total. The number of benzene rings is 1. The number of carbonyl (C=O) groups is 1. The molecule has 0 spiro atoms. The van der Waals surface area contributed by atoms with Crippen molar-refractivity contribution in [3.05, 3.63) is 29.1 Å². The van der Waals surface area contributed by atoms with E-state index in [9.17, 15) is 9.18 Å². The van der Waals surface area contributed by atoms with Crippen molar-refractivity contribution in [1.82, 2.24) is 0 Å². The minimum Gasteiger partial charge on any atom is -0.450 e. The average Bonchev–Trinajstić information content (AvgIpc) is 2.22. The number of carbonyl (C=O) groups excluding carboxylic acids is 1. The lowest BCUT2D eigenvalue weighted by Crippen LogP contribution is -2.15. The topological polar surface area (TPSA) is 62.1 Å². The number of hydrogen-bond donors (Lipinski definition) is 1. The number of hydrogen-bond acceptors (Lipinski definition) is 3. The van der Waals surface area contributed by atoms with E-state index in [4.69, 9.17) is 5.26 Å². The third-order valence-corrected chi connectivity index (χ3v) is 1.86. The lowest BCUT2D eigenvalue weighted by Gasteiger charge is -2.08. The molecule has 0 bridgehead atoms. The maximum atomic E-state index is 13.5. The molecule has 1 N–H and O–H groups in total. The zero-order valence-electron chi connectivity index (χ0n) is 9.00. The number of halogens is 1. The van der Waals surface area contributed by atoms with E-state index < -0.39 is 11.9 Å². The first-order valence-electron chi connectivity index (χ1n) is 4.72. The van der Waals surface area contributed by atoms with Gasteiger partial charge in [-0.2, -0.15) is 5.26 Å². The molecule has 0 saturated heterocycles. The minimum atomic E-state index is -0.776. The Morgan fingerprint density at radius 3 is 2.88 bits per heavy atom. The lowest BCUT2D eigenvalue weighted by molar-refractivity contribution is 0.168. The van der Waals surface area contributed by atoms with Crippen molar-refractivity contribution in [3.8, 4) is 6.07 Å². The standard InChI is InChI=1S/C11H11FN2O2/c1-3-16-11(15)14-10-8(6-13)4-7(2)5-9(10)12/h4-5H,3H2,1-2H3,(H,14,15). The largest absolute Gasteiger partial charge is 0.450 e. The summed E-state index contributed by atoms with van der Waals surface area (Å²) in [5.74, 6) is -0.649. The molecule has 0 heterocycles. The third kappa shape index (κ3) is 2.70. The molecule has 1 aromatic rings. The SMILES string of the molecule is CCOC(=O)Nc1c(F)cc(C)cc1C#N. The highest BCUT2D eigenvalue weighted by atomic mass is 19.1. The van der Waals surface area contributed by atoms with Crippen LogP contribution >= 0.6 is 0 Å². The molecule has 84 valence electrons. The van der Waals surface area contributed by atoms with Crippen LogP contribution in [0.3, 0.4) is 0 Å². The Labute approximate surface area is 92.6 Å². The number of rotatable bonds is 2. The van der Waals surface area contributed by atoms with E-state index in [1.54, 1.807) is 13.8 Å². The molecule has 0 aliphatic rings. The van der Waals surface area contributed by atoms with Crippen LogP contribution in [0.4, 0.5) is 14.9 Å². The summed E-state index contributed by atoms with van der Waals surface area (Å²) < 4.78 is 18.1. The normalized spacial score (nSPS) is 9.38. The molecule has 1 amide bonds. The maximum Gasteiger partial charge on any atom is 0.411 e. The number of nitriles is 1. The fourth-order valence-electron chi connectivity index (χ4n) is 1.23. The Morgan fingerprint density at radius 1 is 1.62 bits per heavy atom. The fraction of sp³-hybridized carbons (Fsp3) is 0.273. The van der Waals surface area contributed by atoms with E-state index >= 15 is 0 Å². The summed E-state index contributed by atoms with van der Waals surface area (Å²) in [6, 6.07) is 4.54. The molecule has 1 aromatic carbocycles. The molecular weight excluding hydrogens is 211 g/mol. The van der Waals surface area contributed by atoms with Crippen LogP contribution in [-0.4, -0.2) is 12.7 Å². The van der Waals surface area contributed by atoms with Crippen molar-refractivity contribution in [3.63, 3.8) is 0 Å². The maximum absolute atomic E-state index is 13.5. The lowest BCUT2D eigenvalue weighted by atomic mass is 10.1. The first-order chi connectivity index (χ1) is 7.58. The van der Waals surface area contributed by atoms with Crippen LogP contribution in [0.1, 0.15) is 18.1 Å². The van der Waals surface area contributed by atoms with E-state index in [2.05, 4.69) is 10.1 Å². The molecule has 16 heavy (non-hydrogen) atoms. The predicted octanol–water partition coefficient (Wildman–Crippen LogP) is 2.57. The first-order valence-corrected chi connectivity index (χ1v) is 4.72. The molecule has 1 rings (SSSR count). The second-order valence-electron chi connectivity index (χ2n) is 3.13. The van der Waals surface area contributed by atoms with Crippen molar-refractivity contribution in [1.29, 1.82) is 5.26 Å². The summed E-state index contributed by atoms with van der Waals surface area (Å²) in [7, 11) is 0. The van der Waals surface area contributed by atoms with Crippen LogP contribution in [0.5, 0.6) is 0 Å². The zero-order valence-corrected chi connectivity index (χ0v) is 9.00. The van der Waals surface area contributed by atoms with Gasteiger partial charge in [0.05, 0.1) is 17.9 Å². The van der Waals surface area contributed by atoms with Gasteiger partial charge in [-0.25, -0.2) is 9.18 Å². The zero-order chi connectivity index (χ0) is 12.1. The summed E-state index contributed by atoms with van der Waals surface area (Å²) in [5.41, 5.74) is 0.542. The van der Waals surface area contributed by atoms with Gasteiger partial charge < -0.3 is 4.74 Å². The summed E-state index contributed by atoms with van der Waals surface area (Å²) in [6.45, 7) is 3.48. The molecule has 0 fully saturated rings. The van der Waals surface area contributed by atoms with Gasteiger partial charge in [-0.1, -0.05) is 0 Å². The Bertz CT molecular complexity index is 452. The smallest absolute Gasteiger partial charge is 0.411 e. The highest BCUT2D eigenvalue weighted by molar-refractivity contribution is 5.86. The van der Waals surface area contributed by atoms with Crippen molar-refractivity contribution >= 4 is 11.8 Å². The number of nitrogens with one attached hydrogen (secondary N) is 1. The van der Waals surface area contributed by atoms with E-state index in [1.165, 1.54) is 12.1 Å². The summed E-state index contributed by atoms with van der Waals surface area (Å²) in [6.07, 6.45) is -0.776. The van der Waals surface area contributed by atoms with Crippen LogP contribution in [-0.2, 0) is 4.74 Å². The van der Waals surface area contributed by atoms with Crippen LogP contribution in [0, 0.1) is 24.1 Å². The number of anilines is 1. The van der Waals surface area contributed by atoms with Gasteiger partial charge in [0.2, 0.25) is 0 Å². The quantitative estimate of drug-likeness (QED) is 0.836. The van der Waals surface area contributed by atoms with Gasteiger partial charge in [-0.3, -0.25) is 5.32 Å². The first kappa shape index (κ1) is 12.0. The number of amides is 1. The molecule has 0 atom stereocenters. The van der Waals surface area contributed by atoms with E-state index in [1.807, 2.05) is 6.07 Å². The van der Waals surface area contributed by atoms with Gasteiger partial charge in [-0.05, 0) is 31.5 Å². The van der Waals surface area contributed by atoms with Crippen LogP contribution in [0.15, 0.2) is 12.1 Å². The number of nitrogens with zero attached hydrogens (tertiary/aromatic N) is 1. The van der Waals surface area contributed by atoms with Gasteiger partial charge >= 0.3 is 6.09 Å². The van der Waals surface area contributed by atoms with E-state index in [0.717, 1.165) is 0 Å². The van der Waals surface area contributed by atoms with Crippen LogP contribution < -0.4 is 5.32 Å². The van der Waals surface area contributed by atoms with E-state index in [-0.39, 0.29) is 17.9 Å². The molecule has 0 aliphatic carbocycles. The van der Waals surface area contributed by atoms with Crippen molar-refractivity contribution in [2.24, 2.45) is 0 Å². The van der Waals surface area contributed by atoms with Crippen LogP contribution in [0.2, 0.25) is 0 Å². The predicted molar refractivity (Wildman–Crippen MR) is 56.5 cm³/mol. The Kier molecular flexibility index (Phi) is 3.84. The van der Waals surface area contributed by atoms with Crippen molar-refractivity contribution < 1.29 is 13.9 Å². The Hall–Kier alpha value is -2.09. The number of ether oxygens (including phenoxy) is 1. The number of aryl methyl sites for hydroxylation is 1. The summed E-state index contributed by atoms with van der Waals surface area (Å²) in [5, 5.41) is 11.0. The van der Waals surface area contributed by atoms with Gasteiger partial charge in [0.25, 0.3) is 0 Å². The van der Waals surface area contributed by atoms with Gasteiger partial charge in [0.1, 0.15) is 11.9 Å². The van der Waals surface area contributed by atoms with Gasteiger partial charge in [0, 0.05) is 0 Å². The monoisotopic (exact) mass is 222 g/mol. The highest BCUT2D eigenvalue weighted by Gasteiger charge is 2.13. The second-order valence-corrected chi connectivity index (χ2v) is 3.13. The highest BCUT2D eigenvalue weighted by Crippen LogP contribution is 2.21. The molecule has 0 aromatic heterocycles. The molecule has 0 unspecified atom stereocenters. The molecule has 0 aliphatic heterocycles. The molecular formula is C11H11FN2O2. The molecule has 0 saturated carbocycles. The third-order valence-electron chi connectivity index (χ3n) is 1.86. The minimum absolute atomic E-state index is 0.0746. The van der Waals surface area contributed by atoms with Crippen LogP contribution in [0.25, 0.3) is 0 Å². The van der Waals surface area contributed by atoms with Gasteiger partial charge in [-0.15, -0.1) is 0 Å². The van der Waals surface area contributed by atoms with E-state index in [0.29, 0.717) is 5.56 Å². The summed E-state index contributed by atoms with van der Waals surface area (Å²) >= 11 is 0. The van der Waals surface area contributed by atoms with Gasteiger partial charge in [0.15, 0.2) is 0 Å². The molecule has 5 heteroatoms. The summed E-state index contributed by atoms with van der Waals surface area (Å²) in [4.78, 5) is 11.1. The Morgan fingerprint density at radius 2 is 2.31 bits per heavy atom. The fourth-order valence-corrected chi connectivity index (χ4v) is 1.23.